The van der Waals surface area contributed by atoms with Gasteiger partial charge in [-0.25, -0.2) is 12.8 Å². The Morgan fingerprint density at radius 1 is 1.30 bits per heavy atom. The van der Waals surface area contributed by atoms with E-state index in [1.807, 2.05) is 0 Å². The molecule has 0 unspecified atom stereocenters. The fraction of sp³-hybridized carbons (Fsp3) is 0.500. The molecule has 20 heavy (non-hydrogen) atoms. The largest absolute Gasteiger partial charge is 0.481 e. The van der Waals surface area contributed by atoms with Gasteiger partial charge in [0, 0.05) is 0 Å². The van der Waals surface area contributed by atoms with Gasteiger partial charge in [-0.2, -0.15) is 0 Å². The number of carboxylic acids is 1. The van der Waals surface area contributed by atoms with E-state index in [-0.39, 0.29) is 4.90 Å². The van der Waals surface area contributed by atoms with Gasteiger partial charge < -0.3 is 5.11 Å². The lowest BCUT2D eigenvalue weighted by atomic mass is 9.64. The first-order valence-electron chi connectivity index (χ1n) is 6.65. The van der Waals surface area contributed by atoms with Crippen LogP contribution in [0.15, 0.2) is 23.1 Å². The van der Waals surface area contributed by atoms with Crippen molar-refractivity contribution in [3.05, 3.63) is 29.6 Å². The van der Waals surface area contributed by atoms with Crippen LogP contribution in [-0.2, 0) is 20.0 Å². The molecule has 3 rings (SSSR count). The summed E-state index contributed by atoms with van der Waals surface area (Å²) in [6.45, 7) is 0. The van der Waals surface area contributed by atoms with Crippen molar-refractivity contribution in [2.75, 3.05) is 0 Å². The lowest BCUT2D eigenvalue weighted by Gasteiger charge is -2.38. The van der Waals surface area contributed by atoms with E-state index in [9.17, 15) is 22.7 Å². The minimum Gasteiger partial charge on any atom is -0.481 e. The smallest absolute Gasteiger partial charge is 0.314 e. The monoisotopic (exact) mass is 298 g/mol. The van der Waals surface area contributed by atoms with E-state index >= 15 is 0 Å². The van der Waals surface area contributed by atoms with Gasteiger partial charge in [0.1, 0.15) is 10.7 Å². The number of rotatable bonds is 4. The van der Waals surface area contributed by atoms with E-state index in [1.165, 1.54) is 12.1 Å². The first-order chi connectivity index (χ1) is 9.38. The Morgan fingerprint density at radius 3 is 2.35 bits per heavy atom. The number of carbonyl (C=O) groups is 1. The molecular weight excluding hydrogens is 283 g/mol. The van der Waals surface area contributed by atoms with Crippen LogP contribution in [0.3, 0.4) is 0 Å². The maximum atomic E-state index is 14.1. The molecule has 1 aromatic rings. The molecule has 1 aromatic carbocycles. The predicted molar refractivity (Wildman–Crippen MR) is 69.8 cm³/mol. The van der Waals surface area contributed by atoms with Crippen LogP contribution in [-0.4, -0.2) is 24.7 Å². The second-order valence-corrected chi connectivity index (χ2v) is 7.83. The van der Waals surface area contributed by atoms with Crippen molar-refractivity contribution in [1.82, 2.24) is 0 Å². The zero-order valence-electron chi connectivity index (χ0n) is 10.8. The molecule has 0 bridgehead atoms. The van der Waals surface area contributed by atoms with E-state index in [2.05, 4.69) is 0 Å². The molecule has 2 saturated carbocycles. The van der Waals surface area contributed by atoms with Gasteiger partial charge in [-0.05, 0) is 43.4 Å². The molecule has 0 heterocycles. The summed E-state index contributed by atoms with van der Waals surface area (Å²) in [5, 5.41) is 8.84. The quantitative estimate of drug-likeness (QED) is 0.925. The summed E-state index contributed by atoms with van der Waals surface area (Å²) >= 11 is 0. The molecule has 0 aliphatic heterocycles. The SMILES string of the molecule is O=C(O)C1(c2ccc(S(=O)(=O)C3CC3)c(F)c2)CCC1. The summed E-state index contributed by atoms with van der Waals surface area (Å²) in [5.41, 5.74) is -0.675. The van der Waals surface area contributed by atoms with Gasteiger partial charge >= 0.3 is 5.97 Å². The molecule has 2 fully saturated rings. The summed E-state index contributed by atoms with van der Waals surface area (Å²) in [6.07, 6.45) is 2.87. The lowest BCUT2D eigenvalue weighted by Crippen LogP contribution is -2.42. The summed E-state index contributed by atoms with van der Waals surface area (Å²) < 4.78 is 38.2. The number of hydrogen-bond acceptors (Lipinski definition) is 3. The molecule has 2 aliphatic carbocycles. The van der Waals surface area contributed by atoms with Crippen LogP contribution in [0.4, 0.5) is 4.39 Å². The third kappa shape index (κ3) is 1.85. The first kappa shape index (κ1) is 13.5. The minimum absolute atomic E-state index is 0.302. The van der Waals surface area contributed by atoms with Crippen LogP contribution in [0.1, 0.15) is 37.7 Å². The van der Waals surface area contributed by atoms with Crippen molar-refractivity contribution in [3.63, 3.8) is 0 Å². The highest BCUT2D eigenvalue weighted by molar-refractivity contribution is 7.92. The van der Waals surface area contributed by atoms with Gasteiger partial charge in [0.15, 0.2) is 9.84 Å². The maximum absolute atomic E-state index is 14.1. The van der Waals surface area contributed by atoms with Crippen LogP contribution >= 0.6 is 0 Å². The molecule has 4 nitrogen and oxygen atoms in total. The van der Waals surface area contributed by atoms with Gasteiger partial charge in [0.05, 0.1) is 10.7 Å². The Labute approximate surface area is 116 Å². The van der Waals surface area contributed by atoms with Crippen LogP contribution in [0.5, 0.6) is 0 Å². The summed E-state index contributed by atoms with van der Waals surface area (Å²) in [5.74, 6) is -1.80. The average Bonchev–Trinajstić information content (AvgIpc) is 3.10. The molecular formula is C14H15FO4S. The second-order valence-electron chi connectivity index (χ2n) is 5.63. The topological polar surface area (TPSA) is 71.4 Å². The fourth-order valence-corrected chi connectivity index (χ4v) is 4.45. The Bertz CT molecular complexity index is 672. The highest BCUT2D eigenvalue weighted by Gasteiger charge is 2.46. The molecule has 0 spiro atoms. The second kappa shape index (κ2) is 4.28. The average molecular weight is 298 g/mol. The van der Waals surface area contributed by atoms with Crippen LogP contribution in [0.2, 0.25) is 0 Å². The normalized spacial score (nSPS) is 21.2. The van der Waals surface area contributed by atoms with Crippen molar-refractivity contribution in [1.29, 1.82) is 0 Å². The van der Waals surface area contributed by atoms with Crippen molar-refractivity contribution in [2.24, 2.45) is 0 Å². The Hall–Kier alpha value is -1.43. The predicted octanol–water partition coefficient (Wildman–Crippen LogP) is 2.27. The van der Waals surface area contributed by atoms with Crippen molar-refractivity contribution < 1.29 is 22.7 Å². The molecule has 0 aromatic heterocycles. The number of benzene rings is 1. The van der Waals surface area contributed by atoms with Gasteiger partial charge in [-0.3, -0.25) is 4.79 Å². The lowest BCUT2D eigenvalue weighted by molar-refractivity contribution is -0.147. The van der Waals surface area contributed by atoms with Crippen molar-refractivity contribution >= 4 is 15.8 Å². The zero-order chi connectivity index (χ0) is 14.5. The first-order valence-corrected chi connectivity index (χ1v) is 8.20. The fourth-order valence-electron chi connectivity index (χ4n) is 2.74. The van der Waals surface area contributed by atoms with Crippen LogP contribution < -0.4 is 0 Å². The summed E-state index contributed by atoms with van der Waals surface area (Å²) in [4.78, 5) is 11.1. The molecule has 0 radical (unpaired) electrons. The molecule has 0 atom stereocenters. The standard InChI is InChI=1S/C14H15FO4S/c15-11-8-9(14(13(16)17)6-1-7-14)2-5-12(11)20(18,19)10-3-4-10/h2,5,8,10H,1,3-4,6-7H2,(H,16,17). The number of hydrogen-bond donors (Lipinski definition) is 1. The number of carboxylic acid groups (broad SMARTS) is 1. The molecule has 108 valence electrons. The maximum Gasteiger partial charge on any atom is 0.314 e. The minimum atomic E-state index is -3.59. The Morgan fingerprint density at radius 2 is 1.95 bits per heavy atom. The third-order valence-electron chi connectivity index (χ3n) is 4.37. The van der Waals surface area contributed by atoms with Gasteiger partial charge in [-0.15, -0.1) is 0 Å². The van der Waals surface area contributed by atoms with Crippen molar-refractivity contribution in [3.8, 4) is 0 Å². The third-order valence-corrected chi connectivity index (χ3v) is 6.66. The van der Waals surface area contributed by atoms with Crippen molar-refractivity contribution in [2.45, 2.75) is 47.7 Å². The van der Waals surface area contributed by atoms with Gasteiger partial charge in [0.25, 0.3) is 0 Å². The molecule has 2 aliphatic rings. The van der Waals surface area contributed by atoms with Crippen LogP contribution in [0.25, 0.3) is 0 Å². The molecule has 1 N–H and O–H groups in total. The summed E-state index contributed by atoms with van der Waals surface area (Å²) in [7, 11) is -3.59. The number of sulfone groups is 1. The summed E-state index contributed by atoms with van der Waals surface area (Å²) in [6, 6.07) is 3.76. The van der Waals surface area contributed by atoms with E-state index in [1.54, 1.807) is 0 Å². The van der Waals surface area contributed by atoms with Crippen LogP contribution in [0, 0.1) is 5.82 Å². The Kier molecular flexibility index (Phi) is 2.90. The highest BCUT2D eigenvalue weighted by atomic mass is 32.2. The highest BCUT2D eigenvalue weighted by Crippen LogP contribution is 2.45. The molecule has 6 heteroatoms. The van der Waals surface area contributed by atoms with Gasteiger partial charge in [-0.1, -0.05) is 12.5 Å². The Balaban J connectivity index is 2.02. The molecule has 0 amide bonds. The van der Waals surface area contributed by atoms with Gasteiger partial charge in [0.2, 0.25) is 0 Å². The van der Waals surface area contributed by atoms with E-state index in [0.717, 1.165) is 12.5 Å². The zero-order valence-corrected chi connectivity index (χ0v) is 11.6. The molecule has 0 saturated heterocycles. The van der Waals surface area contributed by atoms with E-state index in [0.29, 0.717) is 31.2 Å². The van der Waals surface area contributed by atoms with E-state index in [4.69, 9.17) is 0 Å². The number of halogens is 1. The number of aliphatic carboxylic acids is 1. The van der Waals surface area contributed by atoms with E-state index < -0.39 is 32.3 Å².